The maximum absolute atomic E-state index is 13.0. The van der Waals surface area contributed by atoms with Crippen LogP contribution in [0.3, 0.4) is 0 Å². The molecule has 0 spiro atoms. The quantitative estimate of drug-likeness (QED) is 0.855. The number of hydrogen-bond donors (Lipinski definition) is 1. The molecule has 25 heavy (non-hydrogen) atoms. The first-order chi connectivity index (χ1) is 11.8. The van der Waals surface area contributed by atoms with Gasteiger partial charge in [-0.05, 0) is 13.8 Å². The van der Waals surface area contributed by atoms with Crippen molar-refractivity contribution < 1.29 is 22.7 Å². The second-order valence-corrected chi connectivity index (χ2v) is 7.91. The van der Waals surface area contributed by atoms with E-state index in [4.69, 9.17) is 4.74 Å². The Morgan fingerprint density at radius 3 is 2.16 bits per heavy atom. The van der Waals surface area contributed by atoms with Crippen molar-refractivity contribution in [3.63, 3.8) is 0 Å². The van der Waals surface area contributed by atoms with Crippen LogP contribution in [-0.4, -0.2) is 57.2 Å². The van der Waals surface area contributed by atoms with E-state index in [-0.39, 0.29) is 16.8 Å². The SMILES string of the molecule is CC(C)NS(=O)(=O)C1=C(N2CCOCC2)C(=O)c2ccccc2C1=O. The number of hydrogen-bond acceptors (Lipinski definition) is 6. The molecular formula is C17H20N2O5S. The summed E-state index contributed by atoms with van der Waals surface area (Å²) in [4.78, 5) is 27.1. The molecule has 1 fully saturated rings. The van der Waals surface area contributed by atoms with Gasteiger partial charge in [0.1, 0.15) is 5.70 Å². The maximum atomic E-state index is 13.0. The molecule has 3 rings (SSSR count). The van der Waals surface area contributed by atoms with Crippen LogP contribution in [0, 0.1) is 0 Å². The Balaban J connectivity index is 2.21. The number of carbonyl (C=O) groups excluding carboxylic acids is 2. The zero-order chi connectivity index (χ0) is 18.2. The summed E-state index contributed by atoms with van der Waals surface area (Å²) in [5.74, 6) is -1.09. The van der Waals surface area contributed by atoms with Crippen molar-refractivity contribution in [2.75, 3.05) is 26.3 Å². The second-order valence-electron chi connectivity index (χ2n) is 6.26. The molecule has 8 heteroatoms. The largest absolute Gasteiger partial charge is 0.378 e. The number of Topliss-reactive ketones (excluding diaryl/α,β-unsaturated/α-hetero) is 2. The minimum absolute atomic E-state index is 0.0554. The van der Waals surface area contributed by atoms with E-state index in [1.54, 1.807) is 36.9 Å². The zero-order valence-corrected chi connectivity index (χ0v) is 14.9. The van der Waals surface area contributed by atoms with Gasteiger partial charge in [0.05, 0.1) is 13.2 Å². The molecule has 1 aliphatic heterocycles. The summed E-state index contributed by atoms with van der Waals surface area (Å²) in [6.07, 6.45) is 0. The molecule has 2 aliphatic rings. The summed E-state index contributed by atoms with van der Waals surface area (Å²) in [5.41, 5.74) is 0.297. The number of benzene rings is 1. The molecule has 0 radical (unpaired) electrons. The highest BCUT2D eigenvalue weighted by Crippen LogP contribution is 2.31. The van der Waals surface area contributed by atoms with Gasteiger partial charge in [-0.25, -0.2) is 13.1 Å². The lowest BCUT2D eigenvalue weighted by Gasteiger charge is -2.33. The van der Waals surface area contributed by atoms with Gasteiger partial charge in [0.15, 0.2) is 4.91 Å². The highest BCUT2D eigenvalue weighted by atomic mass is 32.2. The molecule has 1 aromatic rings. The predicted molar refractivity (Wildman–Crippen MR) is 91.7 cm³/mol. The Labute approximate surface area is 146 Å². The Morgan fingerprint density at radius 1 is 1.04 bits per heavy atom. The number of allylic oxidation sites excluding steroid dienone is 2. The molecular weight excluding hydrogens is 344 g/mol. The summed E-state index contributed by atoms with van der Waals surface area (Å²) in [6, 6.07) is 5.91. The summed E-state index contributed by atoms with van der Waals surface area (Å²) in [7, 11) is -4.13. The van der Waals surface area contributed by atoms with Crippen molar-refractivity contribution in [1.82, 2.24) is 9.62 Å². The van der Waals surface area contributed by atoms with E-state index in [0.717, 1.165) is 0 Å². The van der Waals surface area contributed by atoms with Gasteiger partial charge in [0, 0.05) is 30.3 Å². The normalized spacial score (nSPS) is 18.8. The molecule has 134 valence electrons. The molecule has 1 heterocycles. The molecule has 0 unspecified atom stereocenters. The third-order valence-corrected chi connectivity index (χ3v) is 5.74. The lowest BCUT2D eigenvalue weighted by Crippen LogP contribution is -2.44. The molecule has 1 saturated heterocycles. The number of nitrogens with zero attached hydrogens (tertiary/aromatic N) is 1. The van der Waals surface area contributed by atoms with Crippen molar-refractivity contribution in [2.24, 2.45) is 0 Å². The molecule has 0 aromatic heterocycles. The Morgan fingerprint density at radius 2 is 1.60 bits per heavy atom. The van der Waals surface area contributed by atoms with Gasteiger partial charge < -0.3 is 9.64 Å². The lowest BCUT2D eigenvalue weighted by atomic mass is 9.91. The Kier molecular flexibility index (Phi) is 4.77. The van der Waals surface area contributed by atoms with Crippen LogP contribution in [0.15, 0.2) is 34.9 Å². The number of rotatable bonds is 4. The number of ether oxygens (including phenoxy) is 1. The first-order valence-corrected chi connectivity index (χ1v) is 9.59. The van der Waals surface area contributed by atoms with E-state index in [1.807, 2.05) is 0 Å². The molecule has 0 saturated carbocycles. The fourth-order valence-electron chi connectivity index (χ4n) is 3.03. The van der Waals surface area contributed by atoms with Gasteiger partial charge in [0.2, 0.25) is 21.6 Å². The topological polar surface area (TPSA) is 92.8 Å². The third-order valence-electron chi connectivity index (χ3n) is 4.04. The van der Waals surface area contributed by atoms with E-state index in [2.05, 4.69) is 4.72 Å². The highest BCUT2D eigenvalue weighted by molar-refractivity contribution is 7.94. The van der Waals surface area contributed by atoms with Crippen LogP contribution in [0.1, 0.15) is 34.6 Å². The second kappa shape index (κ2) is 6.70. The van der Waals surface area contributed by atoms with Crippen molar-refractivity contribution in [3.05, 3.63) is 46.0 Å². The van der Waals surface area contributed by atoms with E-state index >= 15 is 0 Å². The van der Waals surface area contributed by atoms with Gasteiger partial charge >= 0.3 is 0 Å². The smallest absolute Gasteiger partial charge is 0.246 e. The molecule has 0 bridgehead atoms. The van der Waals surface area contributed by atoms with E-state index in [1.165, 1.54) is 6.07 Å². The standard InChI is InChI=1S/C17H20N2O5S/c1-11(2)18-25(22,23)17-14(19-7-9-24-10-8-19)15(20)12-5-3-4-6-13(12)16(17)21/h3-6,11,18H,7-10H2,1-2H3. The van der Waals surface area contributed by atoms with Gasteiger partial charge in [-0.15, -0.1) is 0 Å². The fraction of sp³-hybridized carbons (Fsp3) is 0.412. The summed E-state index contributed by atoms with van der Waals surface area (Å²) < 4.78 is 33.3. The Hall–Kier alpha value is -2.03. The summed E-state index contributed by atoms with van der Waals surface area (Å²) >= 11 is 0. The van der Waals surface area contributed by atoms with Crippen LogP contribution in [0.25, 0.3) is 0 Å². The van der Waals surface area contributed by atoms with Gasteiger partial charge in [-0.1, -0.05) is 24.3 Å². The molecule has 0 amide bonds. The van der Waals surface area contributed by atoms with E-state index in [0.29, 0.717) is 26.3 Å². The molecule has 7 nitrogen and oxygen atoms in total. The predicted octanol–water partition coefficient (Wildman–Crippen LogP) is 0.937. The van der Waals surface area contributed by atoms with Crippen LogP contribution in [0.4, 0.5) is 0 Å². The number of ketones is 2. The van der Waals surface area contributed by atoms with Crippen molar-refractivity contribution in [3.8, 4) is 0 Å². The van der Waals surface area contributed by atoms with Gasteiger partial charge in [-0.2, -0.15) is 0 Å². The average molecular weight is 364 g/mol. The number of morpholine rings is 1. The van der Waals surface area contributed by atoms with Crippen molar-refractivity contribution in [1.29, 1.82) is 0 Å². The highest BCUT2D eigenvalue weighted by Gasteiger charge is 2.41. The fourth-order valence-corrected chi connectivity index (χ4v) is 4.60. The van der Waals surface area contributed by atoms with Crippen LogP contribution in [0.5, 0.6) is 0 Å². The molecule has 0 atom stereocenters. The summed E-state index contributed by atoms with van der Waals surface area (Å²) in [6.45, 7) is 4.79. The third kappa shape index (κ3) is 3.24. The van der Waals surface area contributed by atoms with Crippen molar-refractivity contribution in [2.45, 2.75) is 19.9 Å². The molecule has 1 N–H and O–H groups in total. The van der Waals surface area contributed by atoms with Gasteiger partial charge in [0.25, 0.3) is 0 Å². The van der Waals surface area contributed by atoms with Crippen LogP contribution in [0.2, 0.25) is 0 Å². The monoisotopic (exact) mass is 364 g/mol. The first-order valence-electron chi connectivity index (χ1n) is 8.10. The van der Waals surface area contributed by atoms with Crippen molar-refractivity contribution >= 4 is 21.6 Å². The minimum Gasteiger partial charge on any atom is -0.378 e. The number of fused-ring (bicyclic) bond motifs is 1. The van der Waals surface area contributed by atoms with E-state index < -0.39 is 32.5 Å². The molecule has 1 aliphatic carbocycles. The molecule has 1 aromatic carbocycles. The number of sulfonamides is 1. The van der Waals surface area contributed by atoms with Gasteiger partial charge in [-0.3, -0.25) is 9.59 Å². The Bertz CT molecular complexity index is 852. The average Bonchev–Trinajstić information content (AvgIpc) is 2.57. The lowest BCUT2D eigenvalue weighted by molar-refractivity contribution is 0.0499. The zero-order valence-electron chi connectivity index (χ0n) is 14.1. The minimum atomic E-state index is -4.13. The maximum Gasteiger partial charge on any atom is 0.246 e. The summed E-state index contributed by atoms with van der Waals surface area (Å²) in [5, 5.41) is 0. The van der Waals surface area contributed by atoms with Crippen LogP contribution in [-0.2, 0) is 14.8 Å². The first kappa shape index (κ1) is 17.8. The number of carbonyl (C=O) groups is 2. The number of nitrogens with one attached hydrogen (secondary N) is 1. The van der Waals surface area contributed by atoms with Crippen LogP contribution < -0.4 is 4.72 Å². The van der Waals surface area contributed by atoms with Crippen LogP contribution >= 0.6 is 0 Å². The van der Waals surface area contributed by atoms with E-state index in [9.17, 15) is 18.0 Å².